The molecule has 0 unspecified atom stereocenters. The van der Waals surface area contributed by atoms with Crippen molar-refractivity contribution in [1.29, 1.82) is 5.26 Å². The summed E-state index contributed by atoms with van der Waals surface area (Å²) in [6, 6.07) is 10.0. The van der Waals surface area contributed by atoms with Gasteiger partial charge >= 0.3 is 0 Å². The molecule has 0 aliphatic heterocycles. The maximum absolute atomic E-state index is 12.4. The third-order valence-corrected chi connectivity index (χ3v) is 5.25. The highest BCUT2D eigenvalue weighted by molar-refractivity contribution is 7.98. The van der Waals surface area contributed by atoms with Gasteiger partial charge in [0.05, 0.1) is 11.8 Å². The zero-order chi connectivity index (χ0) is 18.2. The molecule has 0 radical (unpaired) electrons. The van der Waals surface area contributed by atoms with Crippen molar-refractivity contribution in [3.8, 4) is 17.2 Å². The third kappa shape index (κ3) is 5.52. The van der Waals surface area contributed by atoms with Gasteiger partial charge in [0.25, 0.3) is 0 Å². The number of nitrogens with one attached hydrogen (secondary N) is 2. The molecule has 0 saturated carbocycles. The van der Waals surface area contributed by atoms with Crippen LogP contribution in [0.5, 0.6) is 0 Å². The highest BCUT2D eigenvalue weighted by Gasteiger charge is 2.21. The molecule has 1 aromatic heterocycles. The number of anilines is 1. The van der Waals surface area contributed by atoms with Gasteiger partial charge in [-0.2, -0.15) is 5.26 Å². The van der Waals surface area contributed by atoms with Crippen molar-refractivity contribution in [2.75, 3.05) is 18.1 Å². The number of nitriles is 1. The van der Waals surface area contributed by atoms with Crippen LogP contribution in [-0.4, -0.2) is 24.7 Å². The van der Waals surface area contributed by atoms with Crippen LogP contribution in [-0.2, 0) is 4.79 Å². The predicted octanol–water partition coefficient (Wildman–Crippen LogP) is 4.60. The summed E-state index contributed by atoms with van der Waals surface area (Å²) in [6.45, 7) is 4.20. The molecule has 6 heteroatoms. The fourth-order valence-electron chi connectivity index (χ4n) is 2.54. The SMILES string of the molecule is CSc1ccc(-c2cscc2N[C@@H](CC(C)C)C(=O)NCC#N)cc1. The molecule has 2 N–H and O–H groups in total. The van der Waals surface area contributed by atoms with E-state index in [1.54, 1.807) is 23.1 Å². The van der Waals surface area contributed by atoms with Gasteiger partial charge in [0, 0.05) is 21.2 Å². The Hall–Kier alpha value is -1.97. The quantitative estimate of drug-likeness (QED) is 0.524. The number of thiophene rings is 1. The summed E-state index contributed by atoms with van der Waals surface area (Å²) in [6.07, 6.45) is 2.76. The first-order chi connectivity index (χ1) is 12.0. The number of carbonyl (C=O) groups is 1. The molecule has 0 spiro atoms. The van der Waals surface area contributed by atoms with Crippen LogP contribution in [0.2, 0.25) is 0 Å². The van der Waals surface area contributed by atoms with E-state index in [-0.39, 0.29) is 18.5 Å². The number of benzene rings is 1. The van der Waals surface area contributed by atoms with Crippen molar-refractivity contribution in [1.82, 2.24) is 5.32 Å². The van der Waals surface area contributed by atoms with Gasteiger partial charge in [-0.15, -0.1) is 23.1 Å². The molecular formula is C19H23N3OS2. The Kier molecular flexibility index (Phi) is 7.35. The first-order valence-electron chi connectivity index (χ1n) is 8.17. The lowest BCUT2D eigenvalue weighted by Crippen LogP contribution is -2.40. The average Bonchev–Trinajstić information content (AvgIpc) is 3.07. The fraction of sp³-hybridized carbons (Fsp3) is 0.368. The Morgan fingerprint density at radius 3 is 2.60 bits per heavy atom. The molecule has 1 amide bonds. The lowest BCUT2D eigenvalue weighted by Gasteiger charge is -2.21. The average molecular weight is 374 g/mol. The maximum Gasteiger partial charge on any atom is 0.243 e. The van der Waals surface area contributed by atoms with E-state index in [9.17, 15) is 4.79 Å². The van der Waals surface area contributed by atoms with E-state index in [2.05, 4.69) is 60.4 Å². The number of hydrogen-bond acceptors (Lipinski definition) is 5. The zero-order valence-electron chi connectivity index (χ0n) is 14.7. The van der Waals surface area contributed by atoms with Crippen LogP contribution in [0.4, 0.5) is 5.69 Å². The summed E-state index contributed by atoms with van der Waals surface area (Å²) < 4.78 is 0. The van der Waals surface area contributed by atoms with Crippen molar-refractivity contribution < 1.29 is 4.79 Å². The molecule has 4 nitrogen and oxygen atoms in total. The van der Waals surface area contributed by atoms with Crippen molar-refractivity contribution in [3.05, 3.63) is 35.0 Å². The van der Waals surface area contributed by atoms with Gasteiger partial charge in [-0.3, -0.25) is 4.79 Å². The number of thioether (sulfide) groups is 1. The normalized spacial score (nSPS) is 11.8. The molecule has 1 atom stereocenters. The molecule has 0 fully saturated rings. The van der Waals surface area contributed by atoms with Gasteiger partial charge < -0.3 is 10.6 Å². The monoisotopic (exact) mass is 373 g/mol. The summed E-state index contributed by atoms with van der Waals surface area (Å²) >= 11 is 3.33. The first kappa shape index (κ1) is 19.4. The van der Waals surface area contributed by atoms with E-state index in [0.29, 0.717) is 12.3 Å². The standard InChI is InChI=1S/C19H23N3OS2/c1-13(2)10-17(19(23)21-9-8-20)22-18-12-25-11-16(18)14-4-6-15(24-3)7-5-14/h4-7,11-13,17,22H,9-10H2,1-3H3,(H,21,23)/t17-/m0/s1. The minimum absolute atomic E-state index is 0.0295. The zero-order valence-corrected chi connectivity index (χ0v) is 16.3. The molecule has 2 aromatic rings. The molecule has 132 valence electrons. The molecule has 2 rings (SSSR count). The first-order valence-corrected chi connectivity index (χ1v) is 10.3. The fourth-order valence-corrected chi connectivity index (χ4v) is 3.75. The smallest absolute Gasteiger partial charge is 0.243 e. The van der Waals surface area contributed by atoms with Gasteiger partial charge in [0.2, 0.25) is 5.91 Å². The molecule has 1 aromatic carbocycles. The van der Waals surface area contributed by atoms with Crippen LogP contribution in [0.25, 0.3) is 11.1 Å². The van der Waals surface area contributed by atoms with Crippen LogP contribution in [0.15, 0.2) is 39.9 Å². The number of amides is 1. The van der Waals surface area contributed by atoms with E-state index in [0.717, 1.165) is 16.8 Å². The van der Waals surface area contributed by atoms with E-state index in [4.69, 9.17) is 5.26 Å². The summed E-state index contributed by atoms with van der Waals surface area (Å²) in [5.74, 6) is 0.235. The Labute approximate surface area is 157 Å². The number of carbonyl (C=O) groups excluding carboxylic acids is 1. The van der Waals surface area contributed by atoms with E-state index < -0.39 is 0 Å². The summed E-state index contributed by atoms with van der Waals surface area (Å²) in [4.78, 5) is 13.6. The Bertz CT molecular complexity index is 732. The van der Waals surface area contributed by atoms with E-state index >= 15 is 0 Å². The second-order valence-electron chi connectivity index (χ2n) is 6.13. The minimum Gasteiger partial charge on any atom is -0.372 e. The predicted molar refractivity (Wildman–Crippen MR) is 107 cm³/mol. The molecular weight excluding hydrogens is 350 g/mol. The molecule has 0 aliphatic carbocycles. The number of hydrogen-bond donors (Lipinski definition) is 2. The maximum atomic E-state index is 12.4. The summed E-state index contributed by atoms with van der Waals surface area (Å²) in [5, 5.41) is 18.9. The highest BCUT2D eigenvalue weighted by Crippen LogP contribution is 2.33. The van der Waals surface area contributed by atoms with Crippen LogP contribution in [0.1, 0.15) is 20.3 Å². The Morgan fingerprint density at radius 2 is 2.00 bits per heavy atom. The molecule has 1 heterocycles. The molecule has 0 saturated heterocycles. The second kappa shape index (κ2) is 9.50. The van der Waals surface area contributed by atoms with Crippen LogP contribution < -0.4 is 10.6 Å². The lowest BCUT2D eigenvalue weighted by atomic mass is 10.0. The highest BCUT2D eigenvalue weighted by atomic mass is 32.2. The molecule has 25 heavy (non-hydrogen) atoms. The van der Waals surface area contributed by atoms with Crippen LogP contribution in [0, 0.1) is 17.2 Å². The van der Waals surface area contributed by atoms with E-state index in [1.165, 1.54) is 4.90 Å². The summed E-state index contributed by atoms with van der Waals surface area (Å²) in [7, 11) is 0. The van der Waals surface area contributed by atoms with Crippen molar-refractivity contribution in [2.24, 2.45) is 5.92 Å². The lowest BCUT2D eigenvalue weighted by molar-refractivity contribution is -0.121. The summed E-state index contributed by atoms with van der Waals surface area (Å²) in [5.41, 5.74) is 3.18. The Balaban J connectivity index is 2.20. The van der Waals surface area contributed by atoms with Gasteiger partial charge in [0.15, 0.2) is 0 Å². The Morgan fingerprint density at radius 1 is 1.28 bits per heavy atom. The topological polar surface area (TPSA) is 64.9 Å². The number of rotatable bonds is 8. The largest absolute Gasteiger partial charge is 0.372 e. The second-order valence-corrected chi connectivity index (χ2v) is 7.75. The van der Waals surface area contributed by atoms with Crippen molar-refractivity contribution in [3.63, 3.8) is 0 Å². The molecule has 0 aliphatic rings. The van der Waals surface area contributed by atoms with Gasteiger partial charge in [-0.1, -0.05) is 26.0 Å². The third-order valence-electron chi connectivity index (χ3n) is 3.76. The van der Waals surface area contributed by atoms with Crippen LogP contribution in [0.3, 0.4) is 0 Å². The van der Waals surface area contributed by atoms with Crippen molar-refractivity contribution >= 4 is 34.7 Å². The van der Waals surface area contributed by atoms with Crippen LogP contribution >= 0.6 is 23.1 Å². The van der Waals surface area contributed by atoms with Gasteiger partial charge in [-0.25, -0.2) is 0 Å². The van der Waals surface area contributed by atoms with E-state index in [1.807, 2.05) is 11.4 Å². The van der Waals surface area contributed by atoms with Gasteiger partial charge in [0.1, 0.15) is 12.6 Å². The van der Waals surface area contributed by atoms with Gasteiger partial charge in [-0.05, 0) is 36.3 Å². The molecule has 0 bridgehead atoms. The van der Waals surface area contributed by atoms with Crippen molar-refractivity contribution in [2.45, 2.75) is 31.2 Å². The minimum atomic E-state index is -0.354. The number of nitrogens with zero attached hydrogens (tertiary/aromatic N) is 1.